The fraction of sp³-hybridized carbons (Fsp3) is 0.538. The van der Waals surface area contributed by atoms with Crippen molar-refractivity contribution < 1.29 is 31.4 Å². The van der Waals surface area contributed by atoms with Gasteiger partial charge in [0.25, 0.3) is 0 Å². The minimum atomic E-state index is -5.63. The maximum absolute atomic E-state index is 13.3. The number of hydrogen-bond acceptors (Lipinski definition) is 2. The van der Waals surface area contributed by atoms with Gasteiger partial charge in [-0.15, -0.1) is 0 Å². The van der Waals surface area contributed by atoms with Gasteiger partial charge in [0.2, 0.25) is 0 Å². The number of rotatable bonds is 1. The zero-order valence-corrected chi connectivity index (χ0v) is 10.6. The van der Waals surface area contributed by atoms with Crippen LogP contribution in [0.4, 0.5) is 22.0 Å². The van der Waals surface area contributed by atoms with E-state index >= 15 is 0 Å². The predicted octanol–water partition coefficient (Wildman–Crippen LogP) is 3.95. The predicted molar refractivity (Wildman–Crippen MR) is 58.7 cm³/mol. The van der Waals surface area contributed by atoms with E-state index in [0.29, 0.717) is 0 Å². The van der Waals surface area contributed by atoms with E-state index < -0.39 is 29.4 Å². The number of halogens is 5. The first kappa shape index (κ1) is 13.6. The van der Waals surface area contributed by atoms with Gasteiger partial charge in [0.15, 0.2) is 0 Å². The summed E-state index contributed by atoms with van der Waals surface area (Å²) < 4.78 is 74.6. The largest absolute Gasteiger partial charge is 0.485 e. The molecule has 0 aliphatic carbocycles. The Labute approximate surface area is 111 Å². The van der Waals surface area contributed by atoms with Gasteiger partial charge in [0, 0.05) is 11.1 Å². The molecule has 3 rings (SSSR count). The van der Waals surface area contributed by atoms with Gasteiger partial charge in [-0.25, -0.2) is 0 Å². The third-order valence-corrected chi connectivity index (χ3v) is 3.58. The van der Waals surface area contributed by atoms with Crippen LogP contribution in [-0.4, -0.2) is 17.9 Å². The van der Waals surface area contributed by atoms with Gasteiger partial charge in [-0.1, -0.05) is 0 Å². The van der Waals surface area contributed by atoms with Gasteiger partial charge in [0.05, 0.1) is 0 Å². The van der Waals surface area contributed by atoms with Crippen LogP contribution in [0.5, 0.6) is 5.75 Å². The molecule has 0 spiro atoms. The molecular weight excluding hydrogens is 283 g/mol. The summed E-state index contributed by atoms with van der Waals surface area (Å²) in [6.07, 6.45) is -6.41. The highest BCUT2D eigenvalue weighted by molar-refractivity contribution is 5.46. The molecule has 1 aromatic carbocycles. The van der Waals surface area contributed by atoms with Crippen LogP contribution in [0.2, 0.25) is 0 Å². The van der Waals surface area contributed by atoms with Crippen molar-refractivity contribution in [2.75, 3.05) is 0 Å². The monoisotopic (exact) mass is 294 g/mol. The van der Waals surface area contributed by atoms with Crippen molar-refractivity contribution >= 4 is 0 Å². The molecule has 110 valence electrons. The smallest absolute Gasteiger partial charge is 0.458 e. The first-order valence-electron chi connectivity index (χ1n) is 5.97. The van der Waals surface area contributed by atoms with E-state index in [2.05, 4.69) is 0 Å². The molecule has 0 saturated carbocycles. The van der Waals surface area contributed by atoms with Crippen LogP contribution in [0.3, 0.4) is 0 Å². The molecule has 0 N–H and O–H groups in total. The Morgan fingerprint density at radius 2 is 1.75 bits per heavy atom. The zero-order chi connectivity index (χ0) is 14.9. The topological polar surface area (TPSA) is 21.8 Å². The van der Waals surface area contributed by atoms with E-state index in [9.17, 15) is 22.0 Å². The second-order valence-corrected chi connectivity index (χ2v) is 5.51. The number of epoxide rings is 1. The normalized spacial score (nSPS) is 27.4. The minimum Gasteiger partial charge on any atom is -0.485 e. The van der Waals surface area contributed by atoms with Gasteiger partial charge in [0.1, 0.15) is 23.6 Å². The molecule has 0 bridgehead atoms. The Morgan fingerprint density at radius 1 is 1.10 bits per heavy atom. The lowest BCUT2D eigenvalue weighted by Crippen LogP contribution is -2.38. The third kappa shape index (κ3) is 1.79. The second-order valence-electron chi connectivity index (χ2n) is 5.51. The fourth-order valence-electron chi connectivity index (χ4n) is 2.44. The van der Waals surface area contributed by atoms with E-state index in [-0.39, 0.29) is 17.4 Å². The highest BCUT2D eigenvalue weighted by Crippen LogP contribution is 2.55. The summed E-state index contributed by atoms with van der Waals surface area (Å²) in [6, 6.07) is 2.71. The Kier molecular flexibility index (Phi) is 2.47. The molecular formula is C13H11F5O2. The number of alkyl halides is 5. The molecule has 0 radical (unpaired) electrons. The van der Waals surface area contributed by atoms with Gasteiger partial charge in [-0.05, 0) is 32.0 Å². The Morgan fingerprint density at radius 3 is 2.35 bits per heavy atom. The van der Waals surface area contributed by atoms with Gasteiger partial charge < -0.3 is 9.47 Å². The molecule has 7 heteroatoms. The van der Waals surface area contributed by atoms with Crippen LogP contribution >= 0.6 is 0 Å². The Hall–Kier alpha value is -1.37. The van der Waals surface area contributed by atoms with Crippen molar-refractivity contribution in [2.45, 2.75) is 43.8 Å². The lowest BCUT2D eigenvalue weighted by atomic mass is 9.92. The number of hydrogen-bond donors (Lipinski definition) is 0. The second kappa shape index (κ2) is 3.63. The third-order valence-electron chi connectivity index (χ3n) is 3.58. The molecule has 1 saturated heterocycles. The summed E-state index contributed by atoms with van der Waals surface area (Å²) in [7, 11) is 0. The zero-order valence-electron chi connectivity index (χ0n) is 10.6. The molecule has 2 nitrogen and oxygen atoms in total. The van der Waals surface area contributed by atoms with Crippen LogP contribution in [-0.2, 0) is 10.7 Å². The average molecular weight is 294 g/mol. The lowest BCUT2D eigenvalue weighted by Gasteiger charge is -2.30. The summed E-state index contributed by atoms with van der Waals surface area (Å²) >= 11 is 0. The molecule has 2 heterocycles. The fourth-order valence-corrected chi connectivity index (χ4v) is 2.44. The molecule has 20 heavy (non-hydrogen) atoms. The number of benzene rings is 1. The van der Waals surface area contributed by atoms with Crippen molar-refractivity contribution in [1.82, 2.24) is 0 Å². The van der Waals surface area contributed by atoms with E-state index in [0.717, 1.165) is 18.2 Å². The summed E-state index contributed by atoms with van der Waals surface area (Å²) in [6.45, 7) is 3.55. The van der Waals surface area contributed by atoms with Crippen LogP contribution in [0.25, 0.3) is 0 Å². The summed E-state index contributed by atoms with van der Waals surface area (Å²) in [5, 5.41) is 0. The van der Waals surface area contributed by atoms with Crippen LogP contribution in [0.15, 0.2) is 18.2 Å². The van der Waals surface area contributed by atoms with E-state index in [1.54, 1.807) is 13.8 Å². The summed E-state index contributed by atoms with van der Waals surface area (Å²) in [5.74, 6) is -4.60. The van der Waals surface area contributed by atoms with Crippen molar-refractivity contribution in [1.29, 1.82) is 0 Å². The lowest BCUT2D eigenvalue weighted by molar-refractivity contribution is -0.289. The Bertz CT molecular complexity index is 564. The van der Waals surface area contributed by atoms with E-state index in [4.69, 9.17) is 9.47 Å². The quantitative estimate of drug-likeness (QED) is 0.578. The van der Waals surface area contributed by atoms with E-state index in [1.165, 1.54) is 0 Å². The molecule has 2 aliphatic rings. The van der Waals surface area contributed by atoms with Gasteiger partial charge in [-0.2, -0.15) is 22.0 Å². The standard InChI is InChI=1S/C13H11F5O2/c1-11(2)10-9(19-10)7-5-6(3-4-8(7)20-11)12(14,15)13(16,17)18/h3-5,9-10H,1-2H3/t9-,10-/m1/s1. The first-order valence-corrected chi connectivity index (χ1v) is 5.97. The summed E-state index contributed by atoms with van der Waals surface area (Å²) in [4.78, 5) is 0. The van der Waals surface area contributed by atoms with Crippen molar-refractivity contribution in [2.24, 2.45) is 0 Å². The molecule has 2 aliphatic heterocycles. The van der Waals surface area contributed by atoms with Gasteiger partial charge in [-0.3, -0.25) is 0 Å². The van der Waals surface area contributed by atoms with Crippen LogP contribution in [0.1, 0.15) is 31.1 Å². The number of fused-ring (bicyclic) bond motifs is 3. The number of ether oxygens (including phenoxy) is 2. The highest BCUT2D eigenvalue weighted by atomic mass is 19.4. The highest BCUT2D eigenvalue weighted by Gasteiger charge is 2.60. The molecule has 1 fully saturated rings. The van der Waals surface area contributed by atoms with Crippen LogP contribution in [0, 0.1) is 0 Å². The maximum Gasteiger partial charge on any atom is 0.458 e. The molecule has 0 unspecified atom stereocenters. The molecule has 0 amide bonds. The van der Waals surface area contributed by atoms with Crippen LogP contribution < -0.4 is 4.74 Å². The Balaban J connectivity index is 2.02. The molecule has 2 atom stereocenters. The maximum atomic E-state index is 13.3. The molecule has 0 aromatic heterocycles. The summed E-state index contributed by atoms with van der Waals surface area (Å²) in [5.41, 5.74) is -1.47. The van der Waals surface area contributed by atoms with Crippen molar-refractivity contribution in [3.8, 4) is 5.75 Å². The molecule has 1 aromatic rings. The van der Waals surface area contributed by atoms with Gasteiger partial charge >= 0.3 is 12.1 Å². The SMILES string of the molecule is CC1(C)Oc2ccc(C(F)(F)C(F)(F)F)cc2[C@H]2O[C@H]21. The first-order chi connectivity index (χ1) is 9.04. The van der Waals surface area contributed by atoms with Crippen molar-refractivity contribution in [3.63, 3.8) is 0 Å². The average Bonchev–Trinajstić information content (AvgIpc) is 3.07. The van der Waals surface area contributed by atoms with Crippen molar-refractivity contribution in [3.05, 3.63) is 29.3 Å². The minimum absolute atomic E-state index is 0.246. The van der Waals surface area contributed by atoms with E-state index in [1.807, 2.05) is 0 Å².